The summed E-state index contributed by atoms with van der Waals surface area (Å²) in [5.74, 6) is -1.06. The summed E-state index contributed by atoms with van der Waals surface area (Å²) in [6, 6.07) is 4.78. The molecule has 2 unspecified atom stereocenters. The van der Waals surface area contributed by atoms with Crippen LogP contribution in [0.5, 0.6) is 0 Å². The van der Waals surface area contributed by atoms with E-state index >= 15 is 0 Å². The first-order valence-corrected chi connectivity index (χ1v) is 6.17. The fourth-order valence-corrected chi connectivity index (χ4v) is 2.23. The van der Waals surface area contributed by atoms with E-state index in [-0.39, 0.29) is 11.6 Å². The molecule has 0 radical (unpaired) electrons. The predicted octanol–water partition coefficient (Wildman–Crippen LogP) is 1.48. The minimum atomic E-state index is -0.617. The first kappa shape index (κ1) is 12.8. The number of nitrogens with two attached hydrogens (primary N) is 1. The van der Waals surface area contributed by atoms with Crippen LogP contribution in [0.2, 0.25) is 0 Å². The minimum Gasteiger partial charge on any atom is -0.378 e. The minimum absolute atomic E-state index is 0.188. The number of hydrogen-bond donors (Lipinski definition) is 3. The van der Waals surface area contributed by atoms with Crippen molar-refractivity contribution in [2.75, 3.05) is 11.9 Å². The van der Waals surface area contributed by atoms with Crippen LogP contribution in [0.3, 0.4) is 0 Å². The third-order valence-corrected chi connectivity index (χ3v) is 3.36. The highest BCUT2D eigenvalue weighted by molar-refractivity contribution is 5.93. The number of primary amides is 1. The molecule has 2 atom stereocenters. The van der Waals surface area contributed by atoms with E-state index in [0.29, 0.717) is 11.7 Å². The van der Waals surface area contributed by atoms with E-state index in [0.717, 1.165) is 19.4 Å². The molecule has 4 nitrogen and oxygen atoms in total. The topological polar surface area (TPSA) is 67.2 Å². The molecular formula is C13H18FN3O. The maximum Gasteiger partial charge on any atom is 0.248 e. The van der Waals surface area contributed by atoms with Crippen molar-refractivity contribution in [2.45, 2.75) is 31.8 Å². The lowest BCUT2D eigenvalue weighted by atomic mass is 9.99. The van der Waals surface area contributed by atoms with Gasteiger partial charge in [-0.15, -0.1) is 0 Å². The van der Waals surface area contributed by atoms with Gasteiger partial charge < -0.3 is 16.4 Å². The highest BCUT2D eigenvalue weighted by Crippen LogP contribution is 2.20. The van der Waals surface area contributed by atoms with Gasteiger partial charge in [0.15, 0.2) is 0 Å². The van der Waals surface area contributed by atoms with Gasteiger partial charge in [0.1, 0.15) is 5.82 Å². The molecule has 1 amide bonds. The average Bonchev–Trinajstić information content (AvgIpc) is 2.34. The van der Waals surface area contributed by atoms with Crippen molar-refractivity contribution in [3.63, 3.8) is 0 Å². The van der Waals surface area contributed by atoms with Crippen LogP contribution in [0.15, 0.2) is 18.2 Å². The lowest BCUT2D eigenvalue weighted by molar-refractivity contribution is 0.1000. The molecule has 0 aliphatic carbocycles. The number of piperidine rings is 1. The van der Waals surface area contributed by atoms with Crippen molar-refractivity contribution in [1.29, 1.82) is 0 Å². The Morgan fingerprint density at radius 2 is 2.33 bits per heavy atom. The van der Waals surface area contributed by atoms with Crippen LogP contribution in [-0.2, 0) is 0 Å². The van der Waals surface area contributed by atoms with Crippen LogP contribution < -0.4 is 16.4 Å². The van der Waals surface area contributed by atoms with Crippen molar-refractivity contribution in [3.8, 4) is 0 Å². The van der Waals surface area contributed by atoms with Gasteiger partial charge in [0, 0.05) is 17.6 Å². The van der Waals surface area contributed by atoms with E-state index in [1.807, 2.05) is 0 Å². The molecule has 1 saturated heterocycles. The van der Waals surface area contributed by atoms with Crippen molar-refractivity contribution in [1.82, 2.24) is 5.32 Å². The fraction of sp³-hybridized carbons (Fsp3) is 0.462. The van der Waals surface area contributed by atoms with E-state index in [4.69, 9.17) is 5.73 Å². The van der Waals surface area contributed by atoms with Gasteiger partial charge in [-0.3, -0.25) is 4.79 Å². The number of carbonyl (C=O) groups excluding carboxylic acids is 1. The molecule has 1 heterocycles. The number of nitrogens with one attached hydrogen (secondary N) is 2. The molecule has 2 rings (SSSR count). The van der Waals surface area contributed by atoms with Crippen LogP contribution in [0.1, 0.15) is 30.1 Å². The van der Waals surface area contributed by atoms with Gasteiger partial charge in [0.2, 0.25) is 5.91 Å². The second-order valence-electron chi connectivity index (χ2n) is 4.69. The molecule has 1 aromatic carbocycles. The summed E-state index contributed by atoms with van der Waals surface area (Å²) in [5.41, 5.74) is 5.71. The number of hydrogen-bond acceptors (Lipinski definition) is 3. The maximum atomic E-state index is 13.8. The zero-order valence-corrected chi connectivity index (χ0v) is 10.4. The number of benzene rings is 1. The van der Waals surface area contributed by atoms with Crippen molar-refractivity contribution in [3.05, 3.63) is 29.6 Å². The Hall–Kier alpha value is -1.62. The highest BCUT2D eigenvalue weighted by atomic mass is 19.1. The average molecular weight is 251 g/mol. The molecule has 5 heteroatoms. The zero-order valence-electron chi connectivity index (χ0n) is 10.4. The summed E-state index contributed by atoms with van der Waals surface area (Å²) in [5, 5.41) is 6.52. The molecule has 18 heavy (non-hydrogen) atoms. The summed E-state index contributed by atoms with van der Waals surface area (Å²) >= 11 is 0. The van der Waals surface area contributed by atoms with Crippen LogP contribution in [0.4, 0.5) is 10.1 Å². The quantitative estimate of drug-likeness (QED) is 0.762. The smallest absolute Gasteiger partial charge is 0.248 e. The van der Waals surface area contributed by atoms with Gasteiger partial charge in [-0.2, -0.15) is 0 Å². The summed E-state index contributed by atoms with van der Waals surface area (Å²) in [7, 11) is 0. The molecule has 1 aliphatic rings. The third kappa shape index (κ3) is 2.79. The molecule has 1 aromatic rings. The third-order valence-electron chi connectivity index (χ3n) is 3.36. The Morgan fingerprint density at radius 1 is 1.56 bits per heavy atom. The normalized spacial score (nSPS) is 23.7. The monoisotopic (exact) mass is 251 g/mol. The summed E-state index contributed by atoms with van der Waals surface area (Å²) in [6.45, 7) is 3.08. The van der Waals surface area contributed by atoms with E-state index in [1.54, 1.807) is 6.07 Å². The van der Waals surface area contributed by atoms with Gasteiger partial charge >= 0.3 is 0 Å². The van der Waals surface area contributed by atoms with Crippen LogP contribution in [0, 0.1) is 5.82 Å². The van der Waals surface area contributed by atoms with Crippen LogP contribution in [-0.4, -0.2) is 24.5 Å². The van der Waals surface area contributed by atoms with E-state index < -0.39 is 11.7 Å². The molecule has 0 saturated carbocycles. The molecule has 4 N–H and O–H groups in total. The molecule has 0 spiro atoms. The number of halogens is 1. The first-order valence-electron chi connectivity index (χ1n) is 6.17. The number of rotatable bonds is 3. The Balaban J connectivity index is 2.11. The lowest BCUT2D eigenvalue weighted by Gasteiger charge is -2.31. The largest absolute Gasteiger partial charge is 0.378 e. The van der Waals surface area contributed by atoms with E-state index in [1.165, 1.54) is 12.1 Å². The molecule has 1 fully saturated rings. The van der Waals surface area contributed by atoms with Gasteiger partial charge in [-0.05, 0) is 44.5 Å². The van der Waals surface area contributed by atoms with Gasteiger partial charge in [-0.25, -0.2) is 4.39 Å². The summed E-state index contributed by atoms with van der Waals surface area (Å²) in [6.07, 6.45) is 2.08. The Bertz CT molecular complexity index is 450. The molecule has 1 aliphatic heterocycles. The predicted molar refractivity (Wildman–Crippen MR) is 69.0 cm³/mol. The summed E-state index contributed by atoms with van der Waals surface area (Å²) < 4.78 is 13.8. The second kappa shape index (κ2) is 5.35. The van der Waals surface area contributed by atoms with Gasteiger partial charge in [0.25, 0.3) is 0 Å². The standard InChI is InChI=1S/C13H18FN3O/c1-8-11(3-2-6-16-8)17-12-5-4-9(13(15)18)7-10(12)14/h4-5,7-8,11,16-17H,2-3,6H2,1H3,(H2,15,18). The van der Waals surface area contributed by atoms with Crippen molar-refractivity contribution >= 4 is 11.6 Å². The second-order valence-corrected chi connectivity index (χ2v) is 4.69. The van der Waals surface area contributed by atoms with Crippen molar-refractivity contribution in [2.24, 2.45) is 5.73 Å². The highest BCUT2D eigenvalue weighted by Gasteiger charge is 2.21. The van der Waals surface area contributed by atoms with Gasteiger partial charge in [0.05, 0.1) is 5.69 Å². The first-order chi connectivity index (χ1) is 8.58. The molecule has 0 bridgehead atoms. The lowest BCUT2D eigenvalue weighted by Crippen LogP contribution is -2.46. The van der Waals surface area contributed by atoms with Gasteiger partial charge in [-0.1, -0.05) is 0 Å². The number of anilines is 1. The molecule has 98 valence electrons. The number of carbonyl (C=O) groups is 1. The molecule has 0 aromatic heterocycles. The van der Waals surface area contributed by atoms with Crippen LogP contribution in [0.25, 0.3) is 0 Å². The Labute approximate surface area is 106 Å². The fourth-order valence-electron chi connectivity index (χ4n) is 2.23. The summed E-state index contributed by atoms with van der Waals surface area (Å²) in [4.78, 5) is 10.9. The zero-order chi connectivity index (χ0) is 13.1. The number of amides is 1. The SMILES string of the molecule is CC1NCCCC1Nc1ccc(C(N)=O)cc1F. The Morgan fingerprint density at radius 3 is 2.94 bits per heavy atom. The van der Waals surface area contributed by atoms with Crippen molar-refractivity contribution < 1.29 is 9.18 Å². The van der Waals surface area contributed by atoms with E-state index in [2.05, 4.69) is 17.6 Å². The molecular weight excluding hydrogens is 233 g/mol. The van der Waals surface area contributed by atoms with E-state index in [9.17, 15) is 9.18 Å². The van der Waals surface area contributed by atoms with Crippen LogP contribution >= 0.6 is 0 Å². The Kier molecular flexibility index (Phi) is 3.81. The maximum absolute atomic E-state index is 13.8.